The molecule has 3 heteroatoms. The van der Waals surface area contributed by atoms with E-state index in [-0.39, 0.29) is 0 Å². The minimum atomic E-state index is 0.359. The molecule has 1 N–H and O–H groups in total. The van der Waals surface area contributed by atoms with Crippen LogP contribution in [0.2, 0.25) is 0 Å². The summed E-state index contributed by atoms with van der Waals surface area (Å²) >= 11 is 3.70. The quantitative estimate of drug-likeness (QED) is 0.811. The Labute approximate surface area is 136 Å². The molecule has 0 saturated heterocycles. The van der Waals surface area contributed by atoms with Gasteiger partial charge in [-0.2, -0.15) is 0 Å². The summed E-state index contributed by atoms with van der Waals surface area (Å²) in [5.74, 6) is 0. The van der Waals surface area contributed by atoms with Gasteiger partial charge in [-0.15, -0.1) is 0 Å². The van der Waals surface area contributed by atoms with Crippen molar-refractivity contribution in [3.63, 3.8) is 0 Å². The Kier molecular flexibility index (Phi) is 5.83. The zero-order valence-electron chi connectivity index (χ0n) is 12.9. The van der Waals surface area contributed by atoms with Crippen LogP contribution in [-0.4, -0.2) is 13.6 Å². The third-order valence-corrected chi connectivity index (χ3v) is 4.35. The van der Waals surface area contributed by atoms with Crippen molar-refractivity contribution in [2.75, 3.05) is 18.5 Å². The van der Waals surface area contributed by atoms with Crippen LogP contribution in [0.3, 0.4) is 0 Å². The van der Waals surface area contributed by atoms with Crippen LogP contribution >= 0.6 is 15.9 Å². The summed E-state index contributed by atoms with van der Waals surface area (Å²) in [7, 11) is 2.13. The van der Waals surface area contributed by atoms with Crippen LogP contribution in [0.5, 0.6) is 0 Å². The van der Waals surface area contributed by atoms with Crippen molar-refractivity contribution in [1.82, 2.24) is 5.32 Å². The number of rotatable bonds is 6. The molecule has 0 radical (unpaired) electrons. The maximum atomic E-state index is 3.70. The molecule has 1 unspecified atom stereocenters. The van der Waals surface area contributed by atoms with E-state index in [4.69, 9.17) is 0 Å². The van der Waals surface area contributed by atoms with Crippen LogP contribution in [0.25, 0.3) is 0 Å². The minimum absolute atomic E-state index is 0.359. The van der Waals surface area contributed by atoms with E-state index in [0.29, 0.717) is 6.04 Å². The van der Waals surface area contributed by atoms with E-state index in [9.17, 15) is 0 Å². The Balaban J connectivity index is 2.12. The molecular formula is C18H23BrN2. The molecule has 2 aromatic carbocycles. The molecular weight excluding hydrogens is 324 g/mol. The van der Waals surface area contributed by atoms with Gasteiger partial charge in [0.2, 0.25) is 0 Å². The van der Waals surface area contributed by atoms with Crippen molar-refractivity contribution in [3.05, 3.63) is 64.1 Å². The van der Waals surface area contributed by atoms with E-state index in [1.165, 1.54) is 16.8 Å². The molecule has 0 spiro atoms. The maximum absolute atomic E-state index is 3.70. The van der Waals surface area contributed by atoms with Gasteiger partial charge in [0, 0.05) is 29.8 Å². The first kappa shape index (κ1) is 16.1. The topological polar surface area (TPSA) is 15.3 Å². The van der Waals surface area contributed by atoms with Gasteiger partial charge < -0.3 is 10.2 Å². The second-order valence-corrected chi connectivity index (χ2v) is 6.18. The van der Waals surface area contributed by atoms with Gasteiger partial charge in [0.25, 0.3) is 0 Å². The van der Waals surface area contributed by atoms with Gasteiger partial charge in [-0.25, -0.2) is 0 Å². The number of benzene rings is 2. The fraction of sp³-hybridized carbons (Fsp3) is 0.333. The van der Waals surface area contributed by atoms with E-state index in [2.05, 4.69) is 95.6 Å². The number of nitrogens with one attached hydrogen (secondary N) is 1. The van der Waals surface area contributed by atoms with Crippen LogP contribution < -0.4 is 10.2 Å². The van der Waals surface area contributed by atoms with Gasteiger partial charge in [-0.1, -0.05) is 59.3 Å². The van der Waals surface area contributed by atoms with Crippen LogP contribution in [-0.2, 0) is 6.54 Å². The van der Waals surface area contributed by atoms with Gasteiger partial charge >= 0.3 is 0 Å². The highest BCUT2D eigenvalue weighted by molar-refractivity contribution is 9.10. The average molecular weight is 347 g/mol. The summed E-state index contributed by atoms with van der Waals surface area (Å²) in [6.07, 6.45) is 0. The first-order chi connectivity index (χ1) is 10.1. The van der Waals surface area contributed by atoms with E-state index in [1.807, 2.05) is 0 Å². The molecule has 0 aromatic heterocycles. The largest absolute Gasteiger partial charge is 0.370 e. The standard InChI is InChI=1S/C18H23BrN2/c1-4-20-14(2)17-11-10-16(12-18(17)19)21(3)13-15-8-6-5-7-9-15/h5-12,14,20H,4,13H2,1-3H3. The first-order valence-corrected chi connectivity index (χ1v) is 8.19. The maximum Gasteiger partial charge on any atom is 0.0426 e. The predicted octanol–water partition coefficient (Wildman–Crippen LogP) is 4.76. The molecule has 0 amide bonds. The molecule has 0 aliphatic rings. The van der Waals surface area contributed by atoms with Crippen LogP contribution in [0.15, 0.2) is 53.0 Å². The van der Waals surface area contributed by atoms with E-state index < -0.39 is 0 Å². The molecule has 112 valence electrons. The number of nitrogens with zero attached hydrogens (tertiary/aromatic N) is 1. The normalized spacial score (nSPS) is 12.2. The zero-order valence-corrected chi connectivity index (χ0v) is 14.5. The molecule has 0 bridgehead atoms. The minimum Gasteiger partial charge on any atom is -0.370 e. The lowest BCUT2D eigenvalue weighted by Gasteiger charge is -2.22. The van der Waals surface area contributed by atoms with Crippen LogP contribution in [0.1, 0.15) is 31.0 Å². The molecule has 2 aromatic rings. The number of hydrogen-bond acceptors (Lipinski definition) is 2. The fourth-order valence-electron chi connectivity index (χ4n) is 2.47. The van der Waals surface area contributed by atoms with Crippen molar-refractivity contribution < 1.29 is 0 Å². The smallest absolute Gasteiger partial charge is 0.0426 e. The lowest BCUT2D eigenvalue weighted by Crippen LogP contribution is -2.19. The number of halogens is 1. The average Bonchev–Trinajstić information content (AvgIpc) is 2.48. The molecule has 0 saturated carbocycles. The first-order valence-electron chi connectivity index (χ1n) is 7.39. The molecule has 0 fully saturated rings. The second kappa shape index (κ2) is 7.62. The summed E-state index contributed by atoms with van der Waals surface area (Å²) < 4.78 is 1.16. The van der Waals surface area contributed by atoms with E-state index >= 15 is 0 Å². The van der Waals surface area contributed by atoms with Crippen molar-refractivity contribution in [1.29, 1.82) is 0 Å². The van der Waals surface area contributed by atoms with Crippen molar-refractivity contribution in [2.45, 2.75) is 26.4 Å². The van der Waals surface area contributed by atoms with Crippen molar-refractivity contribution in [2.24, 2.45) is 0 Å². The molecule has 0 aliphatic carbocycles. The Bertz CT molecular complexity index is 569. The molecule has 2 rings (SSSR count). The van der Waals surface area contributed by atoms with E-state index in [0.717, 1.165) is 17.6 Å². The van der Waals surface area contributed by atoms with E-state index in [1.54, 1.807) is 0 Å². The summed E-state index contributed by atoms with van der Waals surface area (Å²) in [4.78, 5) is 2.27. The SMILES string of the molecule is CCNC(C)c1ccc(N(C)Cc2ccccc2)cc1Br. The van der Waals surface area contributed by atoms with Gasteiger partial charge in [0.05, 0.1) is 0 Å². The molecule has 0 aliphatic heterocycles. The lowest BCUT2D eigenvalue weighted by molar-refractivity contribution is 0.596. The third kappa shape index (κ3) is 4.32. The summed E-state index contributed by atoms with van der Waals surface area (Å²) in [6, 6.07) is 17.5. The lowest BCUT2D eigenvalue weighted by atomic mass is 10.1. The van der Waals surface area contributed by atoms with Gasteiger partial charge in [0.15, 0.2) is 0 Å². The Hall–Kier alpha value is -1.32. The highest BCUT2D eigenvalue weighted by atomic mass is 79.9. The summed E-state index contributed by atoms with van der Waals surface area (Å²) in [5, 5.41) is 3.45. The molecule has 0 heterocycles. The molecule has 1 atom stereocenters. The fourth-order valence-corrected chi connectivity index (χ4v) is 3.18. The van der Waals surface area contributed by atoms with Gasteiger partial charge in [-0.05, 0) is 36.7 Å². The molecule has 2 nitrogen and oxygen atoms in total. The van der Waals surface area contributed by atoms with Crippen molar-refractivity contribution in [3.8, 4) is 0 Å². The number of anilines is 1. The zero-order chi connectivity index (χ0) is 15.2. The van der Waals surface area contributed by atoms with Crippen LogP contribution in [0, 0.1) is 0 Å². The van der Waals surface area contributed by atoms with Crippen molar-refractivity contribution >= 4 is 21.6 Å². The summed E-state index contributed by atoms with van der Waals surface area (Å²) in [6.45, 7) is 6.21. The Morgan fingerprint density at radius 3 is 2.48 bits per heavy atom. The second-order valence-electron chi connectivity index (χ2n) is 5.33. The molecule has 21 heavy (non-hydrogen) atoms. The Morgan fingerprint density at radius 2 is 1.86 bits per heavy atom. The highest BCUT2D eigenvalue weighted by Gasteiger charge is 2.10. The van der Waals surface area contributed by atoms with Gasteiger partial charge in [0.1, 0.15) is 0 Å². The Morgan fingerprint density at radius 1 is 1.14 bits per heavy atom. The van der Waals surface area contributed by atoms with Crippen LogP contribution in [0.4, 0.5) is 5.69 Å². The predicted molar refractivity (Wildman–Crippen MR) is 94.8 cm³/mol. The highest BCUT2D eigenvalue weighted by Crippen LogP contribution is 2.28. The third-order valence-electron chi connectivity index (χ3n) is 3.66. The van der Waals surface area contributed by atoms with Gasteiger partial charge in [-0.3, -0.25) is 0 Å². The monoisotopic (exact) mass is 346 g/mol. The summed E-state index contributed by atoms with van der Waals surface area (Å²) in [5.41, 5.74) is 3.84. The number of hydrogen-bond donors (Lipinski definition) is 1.